The smallest absolute Gasteiger partial charge is 0.417 e. The molecule has 200 valence electrons. The van der Waals surface area contributed by atoms with Gasteiger partial charge in [-0.3, -0.25) is 4.79 Å². The number of hydrogen-bond acceptors (Lipinski definition) is 7. The fourth-order valence-corrected chi connectivity index (χ4v) is 4.13. The second kappa shape index (κ2) is 10.1. The average Bonchev–Trinajstić information content (AvgIpc) is 3.07. The Labute approximate surface area is 221 Å². The van der Waals surface area contributed by atoms with Crippen LogP contribution in [0.25, 0.3) is 0 Å². The maximum atomic E-state index is 13.5. The van der Waals surface area contributed by atoms with Gasteiger partial charge >= 0.3 is 18.2 Å². The number of esters is 1. The molecule has 0 saturated carbocycles. The van der Waals surface area contributed by atoms with E-state index in [9.17, 15) is 27.6 Å². The van der Waals surface area contributed by atoms with E-state index in [-0.39, 0.29) is 17.9 Å². The number of amides is 3. The molecular weight excluding hydrogens is 515 g/mol. The molecule has 0 spiro atoms. The lowest BCUT2D eigenvalue weighted by Gasteiger charge is -2.28. The summed E-state index contributed by atoms with van der Waals surface area (Å²) in [6.07, 6.45) is -3.42. The molecule has 0 unspecified atom stereocenters. The summed E-state index contributed by atoms with van der Waals surface area (Å²) in [5.74, 6) is -1.30. The van der Waals surface area contributed by atoms with Crippen molar-refractivity contribution < 1.29 is 32.3 Å². The molecule has 39 heavy (non-hydrogen) atoms. The molecule has 0 aliphatic carbocycles. The van der Waals surface area contributed by atoms with E-state index in [1.54, 1.807) is 30.3 Å². The van der Waals surface area contributed by atoms with Crippen LogP contribution in [0.15, 0.2) is 60.8 Å². The van der Waals surface area contributed by atoms with Crippen molar-refractivity contribution in [1.29, 1.82) is 5.26 Å². The summed E-state index contributed by atoms with van der Waals surface area (Å²) in [4.78, 5) is 44.4. The molecule has 4 rings (SSSR count). The first-order chi connectivity index (χ1) is 18.4. The number of urea groups is 1. The number of halogens is 3. The van der Waals surface area contributed by atoms with Crippen molar-refractivity contribution in [2.24, 2.45) is 0 Å². The third-order valence-electron chi connectivity index (χ3n) is 6.29. The van der Waals surface area contributed by atoms with Crippen molar-refractivity contribution in [3.63, 3.8) is 0 Å². The Morgan fingerprint density at radius 2 is 1.85 bits per heavy atom. The van der Waals surface area contributed by atoms with Crippen LogP contribution >= 0.6 is 0 Å². The highest BCUT2D eigenvalue weighted by molar-refractivity contribution is 6.23. The quantitative estimate of drug-likeness (QED) is 0.337. The minimum Gasteiger partial charge on any atom is -0.464 e. The van der Waals surface area contributed by atoms with Crippen LogP contribution in [0.1, 0.15) is 41.0 Å². The van der Waals surface area contributed by atoms with Crippen LogP contribution < -0.4 is 10.2 Å². The summed E-state index contributed by atoms with van der Waals surface area (Å²) < 4.78 is 45.2. The molecule has 12 heteroatoms. The van der Waals surface area contributed by atoms with E-state index in [4.69, 9.17) is 5.26 Å². The number of imide groups is 1. The SMILES string of the molecule is COC(=O)c1ccc(Nc2ccccc2CN2C(=O)N(c3ccc(C#N)c(C(F)(F)F)c3)C(=O)C2(C)C)cn1. The normalized spacial score (nSPS) is 14.8. The number of rotatable bonds is 6. The van der Waals surface area contributed by atoms with E-state index in [0.717, 1.165) is 12.1 Å². The molecule has 1 fully saturated rings. The number of nitrogens with one attached hydrogen (secondary N) is 1. The van der Waals surface area contributed by atoms with Crippen LogP contribution in [0, 0.1) is 11.3 Å². The predicted molar refractivity (Wildman–Crippen MR) is 134 cm³/mol. The zero-order valence-corrected chi connectivity index (χ0v) is 21.0. The van der Waals surface area contributed by atoms with E-state index >= 15 is 0 Å². The van der Waals surface area contributed by atoms with Crippen molar-refractivity contribution in [3.8, 4) is 6.07 Å². The Bertz CT molecular complexity index is 1500. The molecule has 1 aromatic heterocycles. The van der Waals surface area contributed by atoms with Crippen molar-refractivity contribution >= 4 is 35.0 Å². The first kappa shape index (κ1) is 27.1. The summed E-state index contributed by atoms with van der Waals surface area (Å²) in [6, 6.07) is 13.5. The van der Waals surface area contributed by atoms with Gasteiger partial charge in [0.25, 0.3) is 5.91 Å². The topological polar surface area (TPSA) is 116 Å². The van der Waals surface area contributed by atoms with Crippen LogP contribution in [0.4, 0.5) is 35.0 Å². The number of ether oxygens (including phenoxy) is 1. The molecule has 2 aromatic carbocycles. The maximum Gasteiger partial charge on any atom is 0.417 e. The van der Waals surface area contributed by atoms with Gasteiger partial charge < -0.3 is 15.0 Å². The number of pyridine rings is 1. The van der Waals surface area contributed by atoms with E-state index in [1.165, 1.54) is 44.2 Å². The van der Waals surface area contributed by atoms with Crippen molar-refractivity contribution in [1.82, 2.24) is 9.88 Å². The molecule has 0 atom stereocenters. The van der Waals surface area contributed by atoms with Crippen LogP contribution in [-0.4, -0.2) is 40.4 Å². The van der Waals surface area contributed by atoms with Gasteiger partial charge in [0.05, 0.1) is 48.4 Å². The standard InChI is InChI=1S/C27H22F3N5O4/c1-26(2)24(37)35(19-10-8-16(13-31)20(12-19)27(28,29)30)25(38)34(26)15-17-6-4-5-7-21(17)33-18-9-11-22(32-14-18)23(36)39-3/h4-12,14,33H,15H2,1-3H3. The summed E-state index contributed by atoms with van der Waals surface area (Å²) in [6.45, 7) is 2.97. The fourth-order valence-electron chi connectivity index (χ4n) is 4.13. The molecule has 0 radical (unpaired) electrons. The highest BCUT2D eigenvalue weighted by Crippen LogP contribution is 2.38. The number of hydrogen-bond donors (Lipinski definition) is 1. The molecular formula is C27H22F3N5O4. The molecule has 3 amide bonds. The van der Waals surface area contributed by atoms with Crippen LogP contribution in [0.2, 0.25) is 0 Å². The van der Waals surface area contributed by atoms with Gasteiger partial charge in [0.1, 0.15) is 11.2 Å². The average molecular weight is 537 g/mol. The van der Waals surface area contributed by atoms with Crippen molar-refractivity contribution in [3.05, 3.63) is 83.2 Å². The first-order valence-corrected chi connectivity index (χ1v) is 11.5. The number of aromatic nitrogens is 1. The second-order valence-electron chi connectivity index (χ2n) is 9.11. The molecule has 1 aliphatic heterocycles. The van der Waals surface area contributed by atoms with Gasteiger partial charge in [-0.05, 0) is 55.8 Å². The Morgan fingerprint density at radius 3 is 2.46 bits per heavy atom. The Morgan fingerprint density at radius 1 is 1.13 bits per heavy atom. The molecule has 1 N–H and O–H groups in total. The zero-order chi connectivity index (χ0) is 28.5. The number of carbonyl (C=O) groups excluding carboxylic acids is 3. The molecule has 0 bridgehead atoms. The van der Waals surface area contributed by atoms with Crippen LogP contribution in [0.3, 0.4) is 0 Å². The van der Waals surface area contributed by atoms with Gasteiger partial charge in [-0.25, -0.2) is 19.5 Å². The number of benzene rings is 2. The summed E-state index contributed by atoms with van der Waals surface area (Å²) >= 11 is 0. The van der Waals surface area contributed by atoms with Crippen LogP contribution in [-0.2, 0) is 22.3 Å². The minimum atomic E-state index is -4.85. The lowest BCUT2D eigenvalue weighted by Crippen LogP contribution is -2.43. The maximum absolute atomic E-state index is 13.5. The highest BCUT2D eigenvalue weighted by Gasteiger charge is 2.52. The number of nitrogens with zero attached hydrogens (tertiary/aromatic N) is 4. The zero-order valence-electron chi connectivity index (χ0n) is 21.0. The molecule has 9 nitrogen and oxygen atoms in total. The van der Waals surface area contributed by atoms with E-state index in [2.05, 4.69) is 15.0 Å². The number of para-hydroxylation sites is 1. The summed E-state index contributed by atoms with van der Waals surface area (Å²) in [5, 5.41) is 12.2. The van der Waals surface area contributed by atoms with E-state index < -0.39 is 40.7 Å². The van der Waals surface area contributed by atoms with Crippen molar-refractivity contribution in [2.45, 2.75) is 32.1 Å². The molecule has 1 aliphatic rings. The Hall–Kier alpha value is -4.92. The lowest BCUT2D eigenvalue weighted by atomic mass is 10.0. The number of methoxy groups -OCH3 is 1. The third-order valence-corrected chi connectivity index (χ3v) is 6.29. The van der Waals surface area contributed by atoms with Gasteiger partial charge in [-0.2, -0.15) is 18.4 Å². The van der Waals surface area contributed by atoms with E-state index in [1.807, 2.05) is 0 Å². The minimum absolute atomic E-state index is 0.0483. The highest BCUT2D eigenvalue weighted by atomic mass is 19.4. The molecule has 1 saturated heterocycles. The summed E-state index contributed by atoms with van der Waals surface area (Å²) in [7, 11) is 1.25. The Balaban J connectivity index is 1.64. The monoisotopic (exact) mass is 537 g/mol. The largest absolute Gasteiger partial charge is 0.464 e. The van der Waals surface area contributed by atoms with E-state index in [0.29, 0.717) is 27.9 Å². The van der Waals surface area contributed by atoms with Gasteiger partial charge in [0.2, 0.25) is 0 Å². The number of alkyl halides is 3. The summed E-state index contributed by atoms with van der Waals surface area (Å²) in [5.41, 5.74) is -1.67. The van der Waals surface area contributed by atoms with Crippen LogP contribution in [0.5, 0.6) is 0 Å². The molecule has 3 aromatic rings. The number of anilines is 3. The third kappa shape index (κ3) is 5.11. The second-order valence-corrected chi connectivity index (χ2v) is 9.11. The number of carbonyl (C=O) groups is 3. The number of nitriles is 1. The van der Waals surface area contributed by atoms with Gasteiger partial charge in [-0.1, -0.05) is 18.2 Å². The lowest BCUT2D eigenvalue weighted by molar-refractivity contribution is -0.137. The van der Waals surface area contributed by atoms with Gasteiger partial charge in [0, 0.05) is 5.69 Å². The van der Waals surface area contributed by atoms with Gasteiger partial charge in [0.15, 0.2) is 0 Å². The molecule has 2 heterocycles. The van der Waals surface area contributed by atoms with Crippen molar-refractivity contribution in [2.75, 3.05) is 17.3 Å². The van der Waals surface area contributed by atoms with Gasteiger partial charge in [-0.15, -0.1) is 0 Å². The predicted octanol–water partition coefficient (Wildman–Crippen LogP) is 5.25. The Kier molecular flexibility index (Phi) is 7.02. The first-order valence-electron chi connectivity index (χ1n) is 11.5. The fraction of sp³-hybridized carbons (Fsp3) is 0.222.